The average Bonchev–Trinajstić information content (AvgIpc) is 2.76. The van der Waals surface area contributed by atoms with Gasteiger partial charge in [-0.25, -0.2) is 9.18 Å². The Labute approximate surface area is 111 Å². The van der Waals surface area contributed by atoms with Crippen molar-refractivity contribution in [2.75, 3.05) is 0 Å². The van der Waals surface area contributed by atoms with E-state index in [0.29, 0.717) is 0 Å². The number of carbonyl (C=O) groups is 1. The van der Waals surface area contributed by atoms with Gasteiger partial charge in [-0.3, -0.25) is 0 Å². The number of benzene rings is 1. The molecule has 0 amide bonds. The van der Waals surface area contributed by atoms with Gasteiger partial charge in [0, 0.05) is 5.56 Å². The molecule has 0 saturated carbocycles. The number of carboxylic acids is 1. The summed E-state index contributed by atoms with van der Waals surface area (Å²) in [6.45, 7) is -0.109. The molecule has 1 heterocycles. The molecule has 18 heavy (non-hydrogen) atoms. The molecule has 0 aliphatic heterocycles. The molecular formula is C12H8ClFO3S. The lowest BCUT2D eigenvalue weighted by Gasteiger charge is -2.08. The highest BCUT2D eigenvalue weighted by Gasteiger charge is 2.14. The van der Waals surface area contributed by atoms with Crippen molar-refractivity contribution >= 4 is 28.9 Å². The van der Waals surface area contributed by atoms with Gasteiger partial charge in [0.15, 0.2) is 4.88 Å². The molecule has 1 aromatic carbocycles. The van der Waals surface area contributed by atoms with Gasteiger partial charge >= 0.3 is 5.97 Å². The van der Waals surface area contributed by atoms with Crippen molar-refractivity contribution in [2.45, 2.75) is 6.61 Å². The number of hydrogen-bond acceptors (Lipinski definition) is 3. The summed E-state index contributed by atoms with van der Waals surface area (Å²) in [5, 5.41) is 10.7. The lowest BCUT2D eigenvalue weighted by Crippen LogP contribution is -2.02. The van der Waals surface area contributed by atoms with E-state index in [1.807, 2.05) is 0 Å². The predicted molar refractivity (Wildman–Crippen MR) is 67.0 cm³/mol. The number of carboxylic acid groups (broad SMARTS) is 1. The number of rotatable bonds is 4. The van der Waals surface area contributed by atoms with Crippen LogP contribution in [0.4, 0.5) is 4.39 Å². The summed E-state index contributed by atoms with van der Waals surface area (Å²) in [5.41, 5.74) is 0.210. The van der Waals surface area contributed by atoms with Crippen LogP contribution in [0.5, 0.6) is 5.75 Å². The SMILES string of the molecule is O=C(O)c1sccc1OCc1c(F)cccc1Cl. The molecule has 0 fully saturated rings. The van der Waals surface area contributed by atoms with E-state index >= 15 is 0 Å². The third-order valence-corrected chi connectivity index (χ3v) is 3.49. The Bertz CT molecular complexity index is 562. The molecule has 0 atom stereocenters. The summed E-state index contributed by atoms with van der Waals surface area (Å²) in [6.07, 6.45) is 0. The molecule has 0 spiro atoms. The Kier molecular flexibility index (Phi) is 3.84. The van der Waals surface area contributed by atoms with Crippen LogP contribution < -0.4 is 4.74 Å². The van der Waals surface area contributed by atoms with E-state index in [1.165, 1.54) is 18.2 Å². The lowest BCUT2D eigenvalue weighted by molar-refractivity contribution is 0.0697. The van der Waals surface area contributed by atoms with E-state index in [9.17, 15) is 9.18 Å². The first-order chi connectivity index (χ1) is 8.59. The fraction of sp³-hybridized carbons (Fsp3) is 0.0833. The summed E-state index contributed by atoms with van der Waals surface area (Å²) >= 11 is 6.89. The highest BCUT2D eigenvalue weighted by molar-refractivity contribution is 7.12. The van der Waals surface area contributed by atoms with E-state index in [4.69, 9.17) is 21.4 Å². The first-order valence-electron chi connectivity index (χ1n) is 4.96. The van der Waals surface area contributed by atoms with Crippen molar-refractivity contribution in [3.63, 3.8) is 0 Å². The summed E-state index contributed by atoms with van der Waals surface area (Å²) in [4.78, 5) is 10.9. The lowest BCUT2D eigenvalue weighted by atomic mass is 10.2. The zero-order chi connectivity index (χ0) is 13.1. The Morgan fingerprint density at radius 2 is 2.22 bits per heavy atom. The van der Waals surface area contributed by atoms with Gasteiger partial charge in [0.2, 0.25) is 0 Å². The number of aromatic carboxylic acids is 1. The second-order valence-electron chi connectivity index (χ2n) is 3.41. The molecule has 0 aliphatic rings. The highest BCUT2D eigenvalue weighted by atomic mass is 35.5. The molecule has 0 bridgehead atoms. The molecular weight excluding hydrogens is 279 g/mol. The monoisotopic (exact) mass is 286 g/mol. The normalized spacial score (nSPS) is 10.3. The van der Waals surface area contributed by atoms with Gasteiger partial charge in [-0.2, -0.15) is 0 Å². The van der Waals surface area contributed by atoms with E-state index < -0.39 is 11.8 Å². The Hall–Kier alpha value is -1.59. The molecule has 2 rings (SSSR count). The average molecular weight is 287 g/mol. The maximum atomic E-state index is 13.5. The molecule has 3 nitrogen and oxygen atoms in total. The summed E-state index contributed by atoms with van der Waals surface area (Å²) < 4.78 is 18.8. The second kappa shape index (κ2) is 5.37. The Morgan fingerprint density at radius 1 is 1.44 bits per heavy atom. The van der Waals surface area contributed by atoms with Crippen LogP contribution in [-0.4, -0.2) is 11.1 Å². The topological polar surface area (TPSA) is 46.5 Å². The minimum atomic E-state index is -1.07. The van der Waals surface area contributed by atoms with Crippen LogP contribution in [-0.2, 0) is 6.61 Å². The molecule has 0 saturated heterocycles. The molecule has 0 radical (unpaired) electrons. The van der Waals surface area contributed by atoms with Crippen molar-refractivity contribution in [3.05, 3.63) is 50.9 Å². The van der Waals surface area contributed by atoms with Crippen LogP contribution in [0.1, 0.15) is 15.2 Å². The van der Waals surface area contributed by atoms with Crippen molar-refractivity contribution in [1.29, 1.82) is 0 Å². The van der Waals surface area contributed by atoms with Crippen molar-refractivity contribution in [1.82, 2.24) is 0 Å². The van der Waals surface area contributed by atoms with Gasteiger partial charge in [-0.15, -0.1) is 11.3 Å². The number of halogens is 2. The van der Waals surface area contributed by atoms with Gasteiger partial charge < -0.3 is 9.84 Å². The Balaban J connectivity index is 2.17. The summed E-state index contributed by atoms with van der Waals surface area (Å²) in [7, 11) is 0. The van der Waals surface area contributed by atoms with Gasteiger partial charge in [0.1, 0.15) is 18.2 Å². The molecule has 0 unspecified atom stereocenters. The number of ether oxygens (including phenoxy) is 1. The van der Waals surface area contributed by atoms with Crippen LogP contribution in [0.15, 0.2) is 29.6 Å². The largest absolute Gasteiger partial charge is 0.487 e. The van der Waals surface area contributed by atoms with Gasteiger partial charge in [-0.1, -0.05) is 17.7 Å². The van der Waals surface area contributed by atoms with Crippen molar-refractivity contribution < 1.29 is 19.0 Å². The van der Waals surface area contributed by atoms with E-state index in [0.717, 1.165) is 11.3 Å². The third kappa shape index (κ3) is 2.63. The predicted octanol–water partition coefficient (Wildman–Crippen LogP) is 3.82. The molecule has 1 N–H and O–H groups in total. The minimum Gasteiger partial charge on any atom is -0.487 e. The fourth-order valence-corrected chi connectivity index (χ4v) is 2.28. The van der Waals surface area contributed by atoms with Crippen LogP contribution in [0.3, 0.4) is 0 Å². The third-order valence-electron chi connectivity index (χ3n) is 2.26. The van der Waals surface area contributed by atoms with E-state index in [-0.39, 0.29) is 27.8 Å². The van der Waals surface area contributed by atoms with Crippen LogP contribution in [0.2, 0.25) is 5.02 Å². The summed E-state index contributed by atoms with van der Waals surface area (Å²) in [5.74, 6) is -1.33. The zero-order valence-electron chi connectivity index (χ0n) is 9.02. The smallest absolute Gasteiger partial charge is 0.349 e. The molecule has 2 aromatic rings. The number of hydrogen-bond donors (Lipinski definition) is 1. The van der Waals surface area contributed by atoms with Gasteiger partial charge in [0.05, 0.1) is 5.02 Å². The molecule has 0 aliphatic carbocycles. The van der Waals surface area contributed by atoms with E-state index in [1.54, 1.807) is 11.4 Å². The second-order valence-corrected chi connectivity index (χ2v) is 4.73. The zero-order valence-corrected chi connectivity index (χ0v) is 10.6. The van der Waals surface area contributed by atoms with Crippen molar-refractivity contribution in [2.24, 2.45) is 0 Å². The maximum Gasteiger partial charge on any atom is 0.349 e. The summed E-state index contributed by atoms with van der Waals surface area (Å²) in [6, 6.07) is 5.85. The minimum absolute atomic E-state index is 0.0856. The fourth-order valence-electron chi connectivity index (χ4n) is 1.39. The first-order valence-corrected chi connectivity index (χ1v) is 6.22. The van der Waals surface area contributed by atoms with Crippen molar-refractivity contribution in [3.8, 4) is 5.75 Å². The van der Waals surface area contributed by atoms with Gasteiger partial charge in [0.25, 0.3) is 0 Å². The number of thiophene rings is 1. The molecule has 1 aromatic heterocycles. The van der Waals surface area contributed by atoms with E-state index in [2.05, 4.69) is 0 Å². The van der Waals surface area contributed by atoms with Crippen LogP contribution >= 0.6 is 22.9 Å². The Morgan fingerprint density at radius 3 is 2.89 bits per heavy atom. The standard InChI is InChI=1S/C12H8ClFO3S/c13-8-2-1-3-9(14)7(8)6-17-10-4-5-18-11(10)12(15)16/h1-5H,6H2,(H,15,16). The van der Waals surface area contributed by atoms with Gasteiger partial charge in [-0.05, 0) is 23.6 Å². The molecule has 6 heteroatoms. The quantitative estimate of drug-likeness (QED) is 0.929. The maximum absolute atomic E-state index is 13.5. The highest BCUT2D eigenvalue weighted by Crippen LogP contribution is 2.27. The first kappa shape index (κ1) is 12.9. The van der Waals surface area contributed by atoms with Crippen LogP contribution in [0, 0.1) is 5.82 Å². The van der Waals surface area contributed by atoms with Crippen LogP contribution in [0.25, 0.3) is 0 Å². The molecule has 94 valence electrons.